The third-order valence-corrected chi connectivity index (χ3v) is 5.46. The molecule has 0 unspecified atom stereocenters. The fourth-order valence-corrected chi connectivity index (χ4v) is 3.94. The predicted molar refractivity (Wildman–Crippen MR) is 121 cm³/mol. The van der Waals surface area contributed by atoms with Crippen molar-refractivity contribution in [3.63, 3.8) is 0 Å². The molecule has 1 amide bonds. The van der Waals surface area contributed by atoms with Gasteiger partial charge in [-0.15, -0.1) is 16.8 Å². The SMILES string of the molecule is C=CCn1c(COc2ccc(F)cc2Cl)nnc1SCC(=O)Nc1cc(C)cc(C)c1. The van der Waals surface area contributed by atoms with Crippen LogP contribution in [-0.2, 0) is 17.9 Å². The molecule has 162 valence electrons. The zero-order valence-corrected chi connectivity index (χ0v) is 18.8. The molecule has 0 saturated carbocycles. The molecule has 0 bridgehead atoms. The first kappa shape index (κ1) is 22.8. The van der Waals surface area contributed by atoms with Crippen molar-refractivity contribution < 1.29 is 13.9 Å². The van der Waals surface area contributed by atoms with Gasteiger partial charge in [0.05, 0.1) is 10.8 Å². The van der Waals surface area contributed by atoms with Crippen LogP contribution < -0.4 is 10.1 Å². The van der Waals surface area contributed by atoms with Gasteiger partial charge in [-0.2, -0.15) is 0 Å². The van der Waals surface area contributed by atoms with Crippen LogP contribution in [0, 0.1) is 19.7 Å². The number of nitrogens with zero attached hydrogens (tertiary/aromatic N) is 3. The number of aromatic nitrogens is 3. The maximum Gasteiger partial charge on any atom is 0.234 e. The van der Waals surface area contributed by atoms with Crippen LogP contribution in [0.5, 0.6) is 5.75 Å². The molecule has 0 atom stereocenters. The highest BCUT2D eigenvalue weighted by atomic mass is 35.5. The van der Waals surface area contributed by atoms with Crippen molar-refractivity contribution in [3.05, 3.63) is 76.8 Å². The molecule has 0 fully saturated rings. The van der Waals surface area contributed by atoms with Crippen LogP contribution in [0.1, 0.15) is 17.0 Å². The Morgan fingerprint density at radius 3 is 2.68 bits per heavy atom. The van der Waals surface area contributed by atoms with E-state index in [1.807, 2.05) is 32.0 Å². The average molecular weight is 461 g/mol. The minimum atomic E-state index is -0.440. The molecule has 1 aromatic heterocycles. The van der Waals surface area contributed by atoms with Crippen molar-refractivity contribution in [2.24, 2.45) is 0 Å². The van der Waals surface area contributed by atoms with E-state index < -0.39 is 5.82 Å². The lowest BCUT2D eigenvalue weighted by atomic mass is 10.1. The van der Waals surface area contributed by atoms with Gasteiger partial charge in [0.15, 0.2) is 11.0 Å². The molecular formula is C22H22ClFN4O2S. The molecular weight excluding hydrogens is 439 g/mol. The number of carbonyl (C=O) groups is 1. The standard InChI is InChI=1S/C22H22ClFN4O2S/c1-4-7-28-20(12-30-19-6-5-16(24)11-18(19)23)26-27-22(28)31-13-21(29)25-17-9-14(2)8-15(3)10-17/h4-6,8-11H,1,7,12-13H2,2-3H3,(H,25,29). The second-order valence-corrected chi connectivity index (χ2v) is 8.22. The number of ether oxygens (including phenoxy) is 1. The fraction of sp³-hybridized carbons (Fsp3) is 0.227. The maximum absolute atomic E-state index is 13.2. The number of aryl methyl sites for hydroxylation is 2. The van der Waals surface area contributed by atoms with Gasteiger partial charge in [-0.1, -0.05) is 35.5 Å². The number of nitrogens with one attached hydrogen (secondary N) is 1. The smallest absolute Gasteiger partial charge is 0.234 e. The normalized spacial score (nSPS) is 10.7. The monoisotopic (exact) mass is 460 g/mol. The number of amides is 1. The van der Waals surface area contributed by atoms with Gasteiger partial charge >= 0.3 is 0 Å². The summed E-state index contributed by atoms with van der Waals surface area (Å²) in [4.78, 5) is 12.4. The average Bonchev–Trinajstić information content (AvgIpc) is 3.07. The highest BCUT2D eigenvalue weighted by Gasteiger charge is 2.15. The number of carbonyl (C=O) groups excluding carboxylic acids is 1. The zero-order chi connectivity index (χ0) is 22.4. The molecule has 0 aliphatic rings. The van der Waals surface area contributed by atoms with Gasteiger partial charge < -0.3 is 10.1 Å². The predicted octanol–water partition coefficient (Wildman–Crippen LogP) is 5.18. The lowest BCUT2D eigenvalue weighted by Gasteiger charge is -2.10. The fourth-order valence-electron chi connectivity index (χ4n) is 2.95. The quantitative estimate of drug-likeness (QED) is 0.352. The second kappa shape index (κ2) is 10.5. The van der Waals surface area contributed by atoms with Crippen molar-refractivity contribution in [1.82, 2.24) is 14.8 Å². The van der Waals surface area contributed by atoms with E-state index >= 15 is 0 Å². The Hall–Kier alpha value is -2.84. The molecule has 0 spiro atoms. The lowest BCUT2D eigenvalue weighted by Crippen LogP contribution is -2.15. The van der Waals surface area contributed by atoms with Crippen LogP contribution >= 0.6 is 23.4 Å². The van der Waals surface area contributed by atoms with Crippen molar-refractivity contribution in [3.8, 4) is 5.75 Å². The van der Waals surface area contributed by atoms with Gasteiger partial charge in [0.2, 0.25) is 5.91 Å². The molecule has 1 heterocycles. The number of thioether (sulfide) groups is 1. The van der Waals surface area contributed by atoms with Crippen LogP contribution in [0.4, 0.5) is 10.1 Å². The van der Waals surface area contributed by atoms with Crippen LogP contribution in [-0.4, -0.2) is 26.4 Å². The van der Waals surface area contributed by atoms with Crippen molar-refractivity contribution in [1.29, 1.82) is 0 Å². The zero-order valence-electron chi connectivity index (χ0n) is 17.2. The van der Waals surface area contributed by atoms with E-state index in [0.717, 1.165) is 16.8 Å². The molecule has 0 saturated heterocycles. The summed E-state index contributed by atoms with van der Waals surface area (Å²) in [5.74, 6) is 0.479. The molecule has 31 heavy (non-hydrogen) atoms. The summed E-state index contributed by atoms with van der Waals surface area (Å²) in [6.07, 6.45) is 1.71. The first-order valence-electron chi connectivity index (χ1n) is 9.47. The summed E-state index contributed by atoms with van der Waals surface area (Å²) in [7, 11) is 0. The number of benzene rings is 2. The third kappa shape index (κ3) is 6.32. The van der Waals surface area contributed by atoms with E-state index in [1.54, 1.807) is 10.6 Å². The Morgan fingerprint density at radius 1 is 1.26 bits per heavy atom. The van der Waals surface area contributed by atoms with Gasteiger partial charge in [0.1, 0.15) is 18.2 Å². The summed E-state index contributed by atoms with van der Waals surface area (Å²) in [5, 5.41) is 12.0. The lowest BCUT2D eigenvalue weighted by molar-refractivity contribution is -0.113. The summed E-state index contributed by atoms with van der Waals surface area (Å²) < 4.78 is 20.7. The van der Waals surface area contributed by atoms with E-state index in [1.165, 1.54) is 30.0 Å². The summed E-state index contributed by atoms with van der Waals surface area (Å²) in [5.41, 5.74) is 2.93. The van der Waals surface area contributed by atoms with Gasteiger partial charge in [-0.25, -0.2) is 4.39 Å². The highest BCUT2D eigenvalue weighted by Crippen LogP contribution is 2.26. The molecule has 0 aliphatic carbocycles. The molecule has 3 aromatic rings. The van der Waals surface area contributed by atoms with Gasteiger partial charge in [0.25, 0.3) is 0 Å². The van der Waals surface area contributed by atoms with Gasteiger partial charge in [-0.05, 0) is 55.3 Å². The van der Waals surface area contributed by atoms with E-state index in [0.29, 0.717) is 23.3 Å². The van der Waals surface area contributed by atoms with E-state index in [4.69, 9.17) is 16.3 Å². The molecule has 0 aliphatic heterocycles. The molecule has 1 N–H and O–H groups in total. The number of anilines is 1. The highest BCUT2D eigenvalue weighted by molar-refractivity contribution is 7.99. The van der Waals surface area contributed by atoms with Crippen LogP contribution in [0.25, 0.3) is 0 Å². The number of rotatable bonds is 9. The molecule has 9 heteroatoms. The van der Waals surface area contributed by atoms with Crippen molar-refractivity contribution in [2.45, 2.75) is 32.2 Å². The van der Waals surface area contributed by atoms with E-state index in [2.05, 4.69) is 22.1 Å². The number of hydrogen-bond donors (Lipinski definition) is 1. The summed E-state index contributed by atoms with van der Waals surface area (Å²) in [6, 6.07) is 9.80. The molecule has 6 nitrogen and oxygen atoms in total. The number of hydrogen-bond acceptors (Lipinski definition) is 5. The van der Waals surface area contributed by atoms with E-state index in [-0.39, 0.29) is 23.3 Å². The van der Waals surface area contributed by atoms with Crippen molar-refractivity contribution in [2.75, 3.05) is 11.1 Å². The maximum atomic E-state index is 13.2. The topological polar surface area (TPSA) is 69.0 Å². The van der Waals surface area contributed by atoms with Crippen LogP contribution in [0.3, 0.4) is 0 Å². The number of halogens is 2. The Morgan fingerprint density at radius 2 is 2.00 bits per heavy atom. The Labute approximate surface area is 189 Å². The first-order chi connectivity index (χ1) is 14.9. The Balaban J connectivity index is 1.64. The summed E-state index contributed by atoms with van der Waals surface area (Å²) >= 11 is 7.27. The second-order valence-electron chi connectivity index (χ2n) is 6.87. The molecule has 0 radical (unpaired) electrons. The van der Waals surface area contributed by atoms with Crippen LogP contribution in [0.15, 0.2) is 54.2 Å². The van der Waals surface area contributed by atoms with E-state index in [9.17, 15) is 9.18 Å². The first-order valence-corrected chi connectivity index (χ1v) is 10.8. The third-order valence-electron chi connectivity index (χ3n) is 4.19. The largest absolute Gasteiger partial charge is 0.484 e. The number of allylic oxidation sites excluding steroid dienone is 1. The molecule has 3 rings (SSSR count). The minimum absolute atomic E-state index is 0.0848. The van der Waals surface area contributed by atoms with Crippen molar-refractivity contribution >= 4 is 35.0 Å². The minimum Gasteiger partial charge on any atom is -0.484 e. The van der Waals surface area contributed by atoms with Gasteiger partial charge in [0, 0.05) is 12.2 Å². The van der Waals surface area contributed by atoms with Crippen LogP contribution in [0.2, 0.25) is 5.02 Å². The summed E-state index contributed by atoms with van der Waals surface area (Å²) in [6.45, 7) is 8.26. The Kier molecular flexibility index (Phi) is 7.70. The Bertz CT molecular complexity index is 1080. The molecule has 2 aromatic carbocycles. The van der Waals surface area contributed by atoms with Gasteiger partial charge in [-0.3, -0.25) is 9.36 Å².